The van der Waals surface area contributed by atoms with Crippen molar-refractivity contribution in [3.63, 3.8) is 0 Å². The Bertz CT molecular complexity index is 1920. The second kappa shape index (κ2) is 68.8. The molecule has 1 N–H and O–H groups in total. The fourth-order valence-electron chi connectivity index (χ4n) is 10.2. The molecule has 0 spiro atoms. The molecular formula is C79H139NO8P+. The molecule has 0 fully saturated rings. The van der Waals surface area contributed by atoms with Crippen molar-refractivity contribution >= 4 is 19.8 Å². The van der Waals surface area contributed by atoms with Crippen LogP contribution in [-0.2, 0) is 32.7 Å². The predicted molar refractivity (Wildman–Crippen MR) is 385 cm³/mol. The van der Waals surface area contributed by atoms with Gasteiger partial charge in [0.1, 0.15) is 19.8 Å². The van der Waals surface area contributed by atoms with E-state index in [4.69, 9.17) is 18.5 Å². The third-order valence-electron chi connectivity index (χ3n) is 15.8. The number of phosphoric acid groups is 1. The van der Waals surface area contributed by atoms with Gasteiger partial charge in [-0.15, -0.1) is 0 Å². The lowest BCUT2D eigenvalue weighted by molar-refractivity contribution is -0.870. The van der Waals surface area contributed by atoms with Gasteiger partial charge in [-0.3, -0.25) is 18.6 Å². The van der Waals surface area contributed by atoms with Gasteiger partial charge in [0.15, 0.2) is 6.10 Å². The minimum atomic E-state index is -4.40. The van der Waals surface area contributed by atoms with E-state index >= 15 is 0 Å². The van der Waals surface area contributed by atoms with Crippen molar-refractivity contribution in [2.75, 3.05) is 47.5 Å². The molecule has 10 heteroatoms. The van der Waals surface area contributed by atoms with Crippen molar-refractivity contribution in [1.82, 2.24) is 0 Å². The molecule has 0 aromatic carbocycles. The standard InChI is InChI=1S/C79H138NO8P/c1-6-8-10-12-14-16-18-20-22-24-26-28-30-32-34-36-37-38-39-40-41-42-43-44-46-48-50-52-54-56-58-60-62-64-66-68-70-72-79(82)88-77(76-87-89(83,84)86-74-73-80(3,4)5)75-85-78(81)71-69-67-65-63-61-59-57-55-53-51-49-47-45-35-33-31-29-27-25-23-21-19-17-15-13-11-9-7-2/h8,10,14,16,20,22,26,28,32,34,37-38,40-41,43-44,48,50,54,56,77H,6-7,9,11-13,15,17-19,21,23-25,27,29-31,33,35-36,39,42,45-47,49,51-53,55,57-76H2,1-5H3/p+1/b10-8-,16-14-,22-20-,28-26-,34-32-,38-37-,41-40-,44-43-,50-48-,56-54-. The first-order chi connectivity index (χ1) is 43.5. The third-order valence-corrected chi connectivity index (χ3v) is 16.7. The van der Waals surface area contributed by atoms with Gasteiger partial charge in [-0.25, -0.2) is 4.57 Å². The van der Waals surface area contributed by atoms with E-state index in [1.54, 1.807) is 0 Å². The van der Waals surface area contributed by atoms with E-state index in [2.05, 4.69) is 135 Å². The van der Waals surface area contributed by atoms with Crippen molar-refractivity contribution < 1.29 is 42.1 Å². The van der Waals surface area contributed by atoms with Crippen LogP contribution in [0.4, 0.5) is 0 Å². The highest BCUT2D eigenvalue weighted by molar-refractivity contribution is 7.47. The number of hydrogen-bond donors (Lipinski definition) is 1. The fourth-order valence-corrected chi connectivity index (χ4v) is 10.9. The van der Waals surface area contributed by atoms with Crippen molar-refractivity contribution in [3.05, 3.63) is 122 Å². The van der Waals surface area contributed by atoms with E-state index in [1.165, 1.54) is 161 Å². The van der Waals surface area contributed by atoms with Crippen LogP contribution in [0.15, 0.2) is 122 Å². The summed E-state index contributed by atoms with van der Waals surface area (Å²) in [5, 5.41) is 0. The highest BCUT2D eigenvalue weighted by Crippen LogP contribution is 2.43. The molecular weight excluding hydrogens is 1120 g/mol. The number of hydrogen-bond acceptors (Lipinski definition) is 7. The summed E-state index contributed by atoms with van der Waals surface area (Å²) in [5.41, 5.74) is 0. The molecule has 0 aromatic rings. The zero-order chi connectivity index (χ0) is 64.8. The van der Waals surface area contributed by atoms with Crippen LogP contribution in [0.5, 0.6) is 0 Å². The van der Waals surface area contributed by atoms with Gasteiger partial charge in [-0.2, -0.15) is 0 Å². The van der Waals surface area contributed by atoms with Crippen molar-refractivity contribution in [2.24, 2.45) is 0 Å². The Kier molecular flexibility index (Phi) is 66.0. The summed E-state index contributed by atoms with van der Waals surface area (Å²) in [6, 6.07) is 0. The molecule has 0 rings (SSSR count). The number of phosphoric ester groups is 1. The van der Waals surface area contributed by atoms with Gasteiger partial charge in [-0.05, 0) is 89.9 Å². The second-order valence-electron chi connectivity index (χ2n) is 25.6. The number of unbranched alkanes of at least 4 members (excludes halogenated alkanes) is 33. The summed E-state index contributed by atoms with van der Waals surface area (Å²) in [6.07, 6.45) is 98.8. The van der Waals surface area contributed by atoms with E-state index in [9.17, 15) is 19.0 Å². The summed E-state index contributed by atoms with van der Waals surface area (Å²) < 4.78 is 34.7. The van der Waals surface area contributed by atoms with Gasteiger partial charge in [0.05, 0.1) is 27.7 Å². The molecule has 0 aliphatic rings. The van der Waals surface area contributed by atoms with E-state index in [1.807, 2.05) is 21.1 Å². The van der Waals surface area contributed by atoms with Crippen LogP contribution in [-0.4, -0.2) is 74.9 Å². The Balaban J connectivity index is 4.10. The summed E-state index contributed by atoms with van der Waals surface area (Å²) in [5.74, 6) is -0.809. The molecule has 2 atom stereocenters. The molecule has 2 unspecified atom stereocenters. The maximum atomic E-state index is 12.9. The lowest BCUT2D eigenvalue weighted by atomic mass is 10.0. The average Bonchev–Trinajstić information content (AvgIpc) is 3.60. The van der Waals surface area contributed by atoms with Crippen LogP contribution < -0.4 is 0 Å². The summed E-state index contributed by atoms with van der Waals surface area (Å²) in [4.78, 5) is 35.9. The van der Waals surface area contributed by atoms with Crippen LogP contribution in [0.1, 0.15) is 316 Å². The van der Waals surface area contributed by atoms with Gasteiger partial charge in [0.25, 0.3) is 0 Å². The molecule has 89 heavy (non-hydrogen) atoms. The third kappa shape index (κ3) is 73.3. The number of nitrogens with zero attached hydrogens (tertiary/aromatic N) is 1. The number of esters is 2. The molecule has 0 amide bonds. The Hall–Kier alpha value is -3.59. The van der Waals surface area contributed by atoms with Crippen molar-refractivity contribution in [3.8, 4) is 0 Å². The molecule has 0 aliphatic carbocycles. The smallest absolute Gasteiger partial charge is 0.462 e. The van der Waals surface area contributed by atoms with Crippen LogP contribution >= 0.6 is 7.82 Å². The summed E-state index contributed by atoms with van der Waals surface area (Å²) in [6.45, 7) is 4.33. The number of allylic oxidation sites excluding steroid dienone is 20. The highest BCUT2D eigenvalue weighted by Gasteiger charge is 2.27. The molecule has 512 valence electrons. The number of quaternary nitrogens is 1. The number of ether oxygens (including phenoxy) is 2. The topological polar surface area (TPSA) is 108 Å². The van der Waals surface area contributed by atoms with Gasteiger partial charge >= 0.3 is 19.8 Å². The zero-order valence-electron chi connectivity index (χ0n) is 58.4. The van der Waals surface area contributed by atoms with Gasteiger partial charge in [0, 0.05) is 12.8 Å². The number of carbonyl (C=O) groups is 2. The molecule has 0 aromatic heterocycles. The van der Waals surface area contributed by atoms with Crippen LogP contribution in [0.3, 0.4) is 0 Å². The van der Waals surface area contributed by atoms with Gasteiger partial charge in [0.2, 0.25) is 0 Å². The molecule has 0 saturated carbocycles. The normalized spacial score (nSPS) is 13.8. The van der Waals surface area contributed by atoms with Crippen LogP contribution in [0, 0.1) is 0 Å². The Labute approximate surface area is 549 Å². The monoisotopic (exact) mass is 1260 g/mol. The Morgan fingerprint density at radius 3 is 0.955 bits per heavy atom. The maximum absolute atomic E-state index is 12.9. The zero-order valence-corrected chi connectivity index (χ0v) is 59.3. The highest BCUT2D eigenvalue weighted by atomic mass is 31.2. The fraction of sp³-hybridized carbons (Fsp3) is 0.722. The van der Waals surface area contributed by atoms with E-state index in [0.717, 1.165) is 122 Å². The minimum Gasteiger partial charge on any atom is -0.462 e. The lowest BCUT2D eigenvalue weighted by Gasteiger charge is -2.24. The first-order valence-corrected chi connectivity index (χ1v) is 38.3. The molecule has 0 saturated heterocycles. The Morgan fingerprint density at radius 1 is 0.360 bits per heavy atom. The number of rotatable bonds is 67. The average molecular weight is 1260 g/mol. The van der Waals surface area contributed by atoms with Gasteiger partial charge < -0.3 is 18.9 Å². The van der Waals surface area contributed by atoms with Crippen LogP contribution in [0.25, 0.3) is 0 Å². The van der Waals surface area contributed by atoms with E-state index < -0.39 is 26.5 Å². The molecule has 0 aliphatic heterocycles. The predicted octanol–water partition coefficient (Wildman–Crippen LogP) is 24.2. The molecule has 0 heterocycles. The quantitative estimate of drug-likeness (QED) is 0.0211. The van der Waals surface area contributed by atoms with E-state index in [0.29, 0.717) is 17.4 Å². The lowest BCUT2D eigenvalue weighted by Crippen LogP contribution is -2.37. The SMILES string of the molecule is CC/C=C\C/C=C\C/C=C\C/C=C\C/C=C\C/C=C\C/C=C\C/C=C\C/C=C\C/C=C\CCCCCCCCC(=O)OC(COC(=O)CCCCCCCCCCCCCCCCCCCCCCCCCCCCCC)COP(=O)(O)OCC[N+](C)(C)C. The molecule has 0 radical (unpaired) electrons. The molecule has 9 nitrogen and oxygen atoms in total. The summed E-state index contributed by atoms with van der Waals surface area (Å²) in [7, 11) is 1.46. The maximum Gasteiger partial charge on any atom is 0.472 e. The van der Waals surface area contributed by atoms with E-state index in [-0.39, 0.29) is 32.0 Å². The van der Waals surface area contributed by atoms with Crippen LogP contribution in [0.2, 0.25) is 0 Å². The summed E-state index contributed by atoms with van der Waals surface area (Å²) >= 11 is 0. The largest absolute Gasteiger partial charge is 0.472 e. The molecule has 0 bridgehead atoms. The van der Waals surface area contributed by atoms with Gasteiger partial charge in [-0.1, -0.05) is 334 Å². The number of likely N-dealkylation sites (N-methyl/N-ethyl adjacent to an activating group) is 1. The van der Waals surface area contributed by atoms with Crippen molar-refractivity contribution in [2.45, 2.75) is 322 Å². The minimum absolute atomic E-state index is 0.0243. The first kappa shape index (κ1) is 85.4. The first-order valence-electron chi connectivity index (χ1n) is 36.8. The number of carbonyl (C=O) groups excluding carboxylic acids is 2. The Morgan fingerprint density at radius 2 is 0.640 bits per heavy atom. The van der Waals surface area contributed by atoms with Crippen molar-refractivity contribution in [1.29, 1.82) is 0 Å². The second-order valence-corrected chi connectivity index (χ2v) is 27.1.